The molecule has 1 aliphatic rings. The van der Waals surface area contributed by atoms with Gasteiger partial charge in [-0.2, -0.15) is 0 Å². The van der Waals surface area contributed by atoms with E-state index in [1.54, 1.807) is 7.11 Å². The number of methoxy groups -OCH3 is 1. The van der Waals surface area contributed by atoms with Crippen LogP contribution in [0, 0.1) is 3.57 Å². The second-order valence-corrected chi connectivity index (χ2v) is 7.67. The molecule has 2 aromatic carbocycles. The second kappa shape index (κ2) is 6.75. The average Bonchev–Trinajstić information content (AvgIpc) is 3.04. The van der Waals surface area contributed by atoms with Gasteiger partial charge < -0.3 is 9.15 Å². The second-order valence-electron chi connectivity index (χ2n) is 6.42. The van der Waals surface area contributed by atoms with Crippen molar-refractivity contribution in [2.75, 3.05) is 7.11 Å². The van der Waals surface area contributed by atoms with Crippen LogP contribution in [0.1, 0.15) is 43.6 Å². The number of fused-ring (bicyclic) bond motifs is 1. The first-order chi connectivity index (χ1) is 11.7. The van der Waals surface area contributed by atoms with Crippen LogP contribution in [0.4, 0.5) is 0 Å². The zero-order valence-corrected chi connectivity index (χ0v) is 15.9. The summed E-state index contributed by atoms with van der Waals surface area (Å²) >= 11 is 2.30. The van der Waals surface area contributed by atoms with Crippen LogP contribution in [0.15, 0.2) is 40.8 Å². The molecule has 1 aliphatic carbocycles. The van der Waals surface area contributed by atoms with E-state index in [-0.39, 0.29) is 0 Å². The summed E-state index contributed by atoms with van der Waals surface area (Å²) in [7, 11) is 1.74. The Morgan fingerprint density at radius 2 is 1.83 bits per heavy atom. The quantitative estimate of drug-likeness (QED) is 0.465. The van der Waals surface area contributed by atoms with Crippen molar-refractivity contribution in [3.8, 4) is 17.2 Å². The van der Waals surface area contributed by atoms with Gasteiger partial charge in [0.2, 0.25) is 5.89 Å². The standard InChI is InChI=1S/C20H20INO2/c1-23-18-12-19-17(11-16(18)13-5-3-2-4-6-13)22-20(24-19)14-7-9-15(21)10-8-14/h7-13H,2-6H2,1H3. The zero-order valence-electron chi connectivity index (χ0n) is 13.7. The van der Waals surface area contributed by atoms with Gasteiger partial charge >= 0.3 is 0 Å². The highest BCUT2D eigenvalue weighted by molar-refractivity contribution is 14.1. The van der Waals surface area contributed by atoms with Gasteiger partial charge in [0.25, 0.3) is 0 Å². The molecule has 1 aromatic heterocycles. The van der Waals surface area contributed by atoms with E-state index in [2.05, 4.69) is 40.8 Å². The minimum atomic E-state index is 0.580. The van der Waals surface area contributed by atoms with Crippen molar-refractivity contribution in [3.05, 3.63) is 45.5 Å². The Morgan fingerprint density at radius 1 is 1.08 bits per heavy atom. The Morgan fingerprint density at radius 3 is 2.54 bits per heavy atom. The van der Waals surface area contributed by atoms with Crippen LogP contribution in [0.3, 0.4) is 0 Å². The van der Waals surface area contributed by atoms with E-state index in [1.807, 2.05) is 18.2 Å². The summed E-state index contributed by atoms with van der Waals surface area (Å²) in [6.45, 7) is 0. The molecule has 0 bridgehead atoms. The molecule has 124 valence electrons. The van der Waals surface area contributed by atoms with E-state index in [1.165, 1.54) is 41.2 Å². The lowest BCUT2D eigenvalue weighted by atomic mass is 9.83. The van der Waals surface area contributed by atoms with Gasteiger partial charge in [0, 0.05) is 15.2 Å². The maximum atomic E-state index is 5.99. The lowest BCUT2D eigenvalue weighted by molar-refractivity contribution is 0.387. The fourth-order valence-electron chi connectivity index (χ4n) is 3.60. The summed E-state index contributed by atoms with van der Waals surface area (Å²) in [5.41, 5.74) is 4.00. The summed E-state index contributed by atoms with van der Waals surface area (Å²) in [6.07, 6.45) is 6.44. The highest BCUT2D eigenvalue weighted by Crippen LogP contribution is 2.40. The molecule has 0 aliphatic heterocycles. The van der Waals surface area contributed by atoms with Gasteiger partial charge in [0.05, 0.1) is 7.11 Å². The van der Waals surface area contributed by atoms with Gasteiger partial charge in [-0.15, -0.1) is 0 Å². The number of oxazole rings is 1. The maximum Gasteiger partial charge on any atom is 0.227 e. The molecule has 0 amide bonds. The first kappa shape index (κ1) is 15.9. The topological polar surface area (TPSA) is 35.3 Å². The fourth-order valence-corrected chi connectivity index (χ4v) is 3.96. The van der Waals surface area contributed by atoms with Crippen LogP contribution in [0.25, 0.3) is 22.6 Å². The third kappa shape index (κ3) is 3.04. The van der Waals surface area contributed by atoms with E-state index in [9.17, 15) is 0 Å². The molecule has 4 heteroatoms. The van der Waals surface area contributed by atoms with Crippen LogP contribution in [0.2, 0.25) is 0 Å². The Hall–Kier alpha value is -1.56. The lowest BCUT2D eigenvalue weighted by Gasteiger charge is -2.23. The van der Waals surface area contributed by atoms with E-state index in [0.29, 0.717) is 11.8 Å². The van der Waals surface area contributed by atoms with Crippen molar-refractivity contribution < 1.29 is 9.15 Å². The van der Waals surface area contributed by atoms with Crippen molar-refractivity contribution in [2.24, 2.45) is 0 Å². The van der Waals surface area contributed by atoms with Crippen molar-refractivity contribution in [2.45, 2.75) is 38.0 Å². The van der Waals surface area contributed by atoms with Crippen LogP contribution in [-0.4, -0.2) is 12.1 Å². The molecular formula is C20H20INO2. The first-order valence-corrected chi connectivity index (χ1v) is 9.57. The van der Waals surface area contributed by atoms with Crippen LogP contribution < -0.4 is 4.74 Å². The number of ether oxygens (including phenoxy) is 1. The predicted octanol–water partition coefficient (Wildman–Crippen LogP) is 6.16. The van der Waals surface area contributed by atoms with Crippen molar-refractivity contribution >= 4 is 33.7 Å². The Bertz CT molecular complexity index is 848. The number of hydrogen-bond donors (Lipinski definition) is 0. The molecule has 0 N–H and O–H groups in total. The molecule has 1 fully saturated rings. The monoisotopic (exact) mass is 433 g/mol. The number of rotatable bonds is 3. The van der Waals surface area contributed by atoms with Gasteiger partial charge in [-0.1, -0.05) is 19.3 Å². The van der Waals surface area contributed by atoms with E-state index in [0.717, 1.165) is 22.4 Å². The molecule has 0 spiro atoms. The average molecular weight is 433 g/mol. The lowest BCUT2D eigenvalue weighted by Crippen LogP contribution is -2.06. The fraction of sp³-hybridized carbons (Fsp3) is 0.350. The smallest absolute Gasteiger partial charge is 0.227 e. The van der Waals surface area contributed by atoms with Gasteiger partial charge in [0.1, 0.15) is 11.3 Å². The highest BCUT2D eigenvalue weighted by Gasteiger charge is 2.21. The van der Waals surface area contributed by atoms with Gasteiger partial charge in [-0.3, -0.25) is 0 Å². The van der Waals surface area contributed by atoms with E-state index in [4.69, 9.17) is 14.1 Å². The Labute approximate surface area is 155 Å². The minimum Gasteiger partial charge on any atom is -0.496 e. The molecule has 0 saturated heterocycles. The van der Waals surface area contributed by atoms with Crippen molar-refractivity contribution in [3.63, 3.8) is 0 Å². The number of halogens is 1. The molecule has 4 rings (SSSR count). The third-order valence-corrected chi connectivity index (χ3v) is 5.60. The summed E-state index contributed by atoms with van der Waals surface area (Å²) in [4.78, 5) is 4.72. The number of aromatic nitrogens is 1. The molecule has 1 saturated carbocycles. The largest absolute Gasteiger partial charge is 0.496 e. The SMILES string of the molecule is COc1cc2oc(-c3ccc(I)cc3)nc2cc1C1CCCCC1. The van der Waals surface area contributed by atoms with Crippen molar-refractivity contribution in [1.82, 2.24) is 4.98 Å². The Balaban J connectivity index is 1.77. The number of benzene rings is 2. The molecule has 1 heterocycles. The predicted molar refractivity (Wildman–Crippen MR) is 105 cm³/mol. The molecule has 0 unspecified atom stereocenters. The molecule has 0 radical (unpaired) electrons. The molecular weight excluding hydrogens is 413 g/mol. The summed E-state index contributed by atoms with van der Waals surface area (Å²) < 4.78 is 12.8. The van der Waals surface area contributed by atoms with E-state index < -0.39 is 0 Å². The van der Waals surface area contributed by atoms with Crippen LogP contribution >= 0.6 is 22.6 Å². The van der Waals surface area contributed by atoms with E-state index >= 15 is 0 Å². The first-order valence-electron chi connectivity index (χ1n) is 8.49. The summed E-state index contributed by atoms with van der Waals surface area (Å²) in [5, 5.41) is 0. The number of nitrogens with zero attached hydrogens (tertiary/aromatic N) is 1. The van der Waals surface area contributed by atoms with Crippen LogP contribution in [0.5, 0.6) is 5.75 Å². The molecule has 24 heavy (non-hydrogen) atoms. The highest BCUT2D eigenvalue weighted by atomic mass is 127. The zero-order chi connectivity index (χ0) is 16.5. The third-order valence-electron chi connectivity index (χ3n) is 4.88. The molecule has 0 atom stereocenters. The van der Waals surface area contributed by atoms with Gasteiger partial charge in [-0.25, -0.2) is 4.98 Å². The molecule has 3 aromatic rings. The summed E-state index contributed by atoms with van der Waals surface area (Å²) in [5.74, 6) is 2.18. The summed E-state index contributed by atoms with van der Waals surface area (Å²) in [6, 6.07) is 12.4. The number of hydrogen-bond acceptors (Lipinski definition) is 3. The minimum absolute atomic E-state index is 0.580. The maximum absolute atomic E-state index is 5.99. The van der Waals surface area contributed by atoms with Crippen molar-refractivity contribution in [1.29, 1.82) is 0 Å². The molecule has 3 nitrogen and oxygen atoms in total. The van der Waals surface area contributed by atoms with Crippen LogP contribution in [-0.2, 0) is 0 Å². The normalized spacial score (nSPS) is 15.8. The van der Waals surface area contributed by atoms with Gasteiger partial charge in [0.15, 0.2) is 5.58 Å². The Kier molecular flexibility index (Phi) is 4.48. The van der Waals surface area contributed by atoms with Gasteiger partial charge in [-0.05, 0) is 77.2 Å².